The SMILES string of the molecule is COc1ccccc1C1c2[nH]c3ccccc3c2CCN1CCCn1cccn1. The monoisotopic (exact) mass is 386 g/mol. The summed E-state index contributed by atoms with van der Waals surface area (Å²) in [4.78, 5) is 6.32. The van der Waals surface area contributed by atoms with E-state index in [0.717, 1.165) is 38.2 Å². The lowest BCUT2D eigenvalue weighted by Gasteiger charge is -2.36. The Morgan fingerprint density at radius 1 is 1.07 bits per heavy atom. The van der Waals surface area contributed by atoms with Gasteiger partial charge in [0.15, 0.2) is 0 Å². The van der Waals surface area contributed by atoms with Crippen molar-refractivity contribution in [3.05, 3.63) is 83.8 Å². The fraction of sp³-hybridized carbons (Fsp3) is 0.292. The van der Waals surface area contributed by atoms with Crippen LogP contribution in [0.5, 0.6) is 5.75 Å². The molecular formula is C24H26N4O. The molecule has 1 N–H and O–H groups in total. The van der Waals surface area contributed by atoms with Crippen LogP contribution >= 0.6 is 0 Å². The summed E-state index contributed by atoms with van der Waals surface area (Å²) in [6.45, 7) is 2.98. The summed E-state index contributed by atoms with van der Waals surface area (Å²) < 4.78 is 7.76. The number of para-hydroxylation sites is 2. The molecule has 3 heterocycles. The van der Waals surface area contributed by atoms with Crippen LogP contribution in [0.2, 0.25) is 0 Å². The van der Waals surface area contributed by atoms with Crippen molar-refractivity contribution < 1.29 is 4.74 Å². The minimum Gasteiger partial charge on any atom is -0.496 e. The van der Waals surface area contributed by atoms with Gasteiger partial charge < -0.3 is 9.72 Å². The Morgan fingerprint density at radius 2 is 1.93 bits per heavy atom. The van der Waals surface area contributed by atoms with Crippen molar-refractivity contribution in [3.8, 4) is 5.75 Å². The van der Waals surface area contributed by atoms with Gasteiger partial charge in [-0.25, -0.2) is 0 Å². The number of methoxy groups -OCH3 is 1. The lowest BCUT2D eigenvalue weighted by atomic mass is 9.91. The molecule has 4 aromatic rings. The number of ether oxygens (including phenoxy) is 1. The molecule has 0 spiro atoms. The van der Waals surface area contributed by atoms with Crippen molar-refractivity contribution in [2.24, 2.45) is 0 Å². The number of aromatic nitrogens is 3. The van der Waals surface area contributed by atoms with Crippen LogP contribution in [0.3, 0.4) is 0 Å². The summed E-state index contributed by atoms with van der Waals surface area (Å²) in [7, 11) is 1.76. The lowest BCUT2D eigenvalue weighted by molar-refractivity contribution is 0.200. The maximum Gasteiger partial charge on any atom is 0.124 e. The topological polar surface area (TPSA) is 46.1 Å². The second-order valence-corrected chi connectivity index (χ2v) is 7.62. The predicted molar refractivity (Wildman–Crippen MR) is 115 cm³/mol. The molecule has 5 nitrogen and oxygen atoms in total. The number of benzene rings is 2. The van der Waals surface area contributed by atoms with Crippen LogP contribution < -0.4 is 4.74 Å². The van der Waals surface area contributed by atoms with E-state index < -0.39 is 0 Å². The third-order valence-corrected chi connectivity index (χ3v) is 5.96. The molecule has 5 rings (SSSR count). The Kier molecular flexibility index (Phi) is 4.82. The van der Waals surface area contributed by atoms with E-state index in [0.29, 0.717) is 0 Å². The molecule has 0 aliphatic carbocycles. The van der Waals surface area contributed by atoms with Gasteiger partial charge in [0.2, 0.25) is 0 Å². The average Bonchev–Trinajstić information content (AvgIpc) is 3.41. The molecule has 5 heteroatoms. The smallest absolute Gasteiger partial charge is 0.124 e. The first kappa shape index (κ1) is 18.0. The summed E-state index contributed by atoms with van der Waals surface area (Å²) in [5, 5.41) is 5.69. The number of hydrogen-bond donors (Lipinski definition) is 1. The van der Waals surface area contributed by atoms with E-state index in [9.17, 15) is 0 Å². The second-order valence-electron chi connectivity index (χ2n) is 7.62. The summed E-state index contributed by atoms with van der Waals surface area (Å²) in [6, 6.07) is 19.2. The van der Waals surface area contributed by atoms with E-state index in [1.807, 2.05) is 29.2 Å². The van der Waals surface area contributed by atoms with Crippen LogP contribution in [0.25, 0.3) is 10.9 Å². The van der Waals surface area contributed by atoms with E-state index in [4.69, 9.17) is 4.74 Å². The maximum absolute atomic E-state index is 5.74. The summed E-state index contributed by atoms with van der Waals surface area (Å²) in [6.07, 6.45) is 5.99. The molecule has 2 aromatic carbocycles. The molecule has 1 atom stereocenters. The van der Waals surface area contributed by atoms with Gasteiger partial charge in [-0.3, -0.25) is 9.58 Å². The van der Waals surface area contributed by atoms with Gasteiger partial charge in [0.05, 0.1) is 13.2 Å². The third-order valence-electron chi connectivity index (χ3n) is 5.96. The van der Waals surface area contributed by atoms with Gasteiger partial charge in [0.1, 0.15) is 5.75 Å². The first-order chi connectivity index (χ1) is 14.3. The Hall–Kier alpha value is -3.05. The zero-order valence-electron chi connectivity index (χ0n) is 16.7. The first-order valence-corrected chi connectivity index (χ1v) is 10.3. The Balaban J connectivity index is 1.52. The number of H-pyrrole nitrogens is 1. The molecule has 148 valence electrons. The van der Waals surface area contributed by atoms with Gasteiger partial charge >= 0.3 is 0 Å². The van der Waals surface area contributed by atoms with Crippen molar-refractivity contribution in [1.29, 1.82) is 0 Å². The zero-order valence-corrected chi connectivity index (χ0v) is 16.7. The standard InChI is InChI=1S/C24H26N4O/c1-29-22-11-5-3-9-20(22)24-23-19(18-8-2-4-10-21(18)26-23)12-17-27(24)14-7-16-28-15-6-13-25-28/h2-6,8-11,13,15,24,26H,7,12,14,16-17H2,1H3. The number of rotatable bonds is 6. The molecule has 0 saturated heterocycles. The van der Waals surface area contributed by atoms with Crippen LogP contribution in [0.1, 0.15) is 29.3 Å². The van der Waals surface area contributed by atoms with Crippen LogP contribution in [0, 0.1) is 0 Å². The molecule has 2 aromatic heterocycles. The fourth-order valence-electron chi connectivity index (χ4n) is 4.64. The molecule has 1 aliphatic rings. The van der Waals surface area contributed by atoms with Gasteiger partial charge in [0, 0.05) is 54.2 Å². The van der Waals surface area contributed by atoms with E-state index in [1.165, 1.54) is 27.7 Å². The average molecular weight is 386 g/mol. The van der Waals surface area contributed by atoms with Crippen LogP contribution in [0.15, 0.2) is 67.0 Å². The quantitative estimate of drug-likeness (QED) is 0.534. The molecule has 29 heavy (non-hydrogen) atoms. The molecule has 0 fully saturated rings. The molecule has 1 aliphatic heterocycles. The van der Waals surface area contributed by atoms with Crippen molar-refractivity contribution in [2.75, 3.05) is 20.2 Å². The van der Waals surface area contributed by atoms with Gasteiger partial charge in [-0.2, -0.15) is 5.10 Å². The molecule has 0 radical (unpaired) electrons. The normalized spacial score (nSPS) is 16.8. The predicted octanol–water partition coefficient (Wildman–Crippen LogP) is 4.41. The molecule has 0 bridgehead atoms. The maximum atomic E-state index is 5.74. The highest BCUT2D eigenvalue weighted by Crippen LogP contribution is 2.41. The number of aromatic amines is 1. The highest BCUT2D eigenvalue weighted by molar-refractivity contribution is 5.85. The third kappa shape index (κ3) is 3.32. The summed E-state index contributed by atoms with van der Waals surface area (Å²) in [5.41, 5.74) is 5.19. The fourth-order valence-corrected chi connectivity index (χ4v) is 4.64. The van der Waals surface area contributed by atoms with Crippen LogP contribution in [-0.4, -0.2) is 39.9 Å². The van der Waals surface area contributed by atoms with E-state index >= 15 is 0 Å². The number of nitrogens with one attached hydrogen (secondary N) is 1. The summed E-state index contributed by atoms with van der Waals surface area (Å²) >= 11 is 0. The minimum absolute atomic E-state index is 0.167. The number of aryl methyl sites for hydroxylation is 1. The van der Waals surface area contributed by atoms with Crippen LogP contribution in [0.4, 0.5) is 0 Å². The number of nitrogens with zero attached hydrogens (tertiary/aromatic N) is 3. The Morgan fingerprint density at radius 3 is 2.79 bits per heavy atom. The lowest BCUT2D eigenvalue weighted by Crippen LogP contribution is -2.37. The molecular weight excluding hydrogens is 360 g/mol. The largest absolute Gasteiger partial charge is 0.496 e. The molecule has 0 saturated carbocycles. The van der Waals surface area contributed by atoms with Crippen molar-refractivity contribution in [3.63, 3.8) is 0 Å². The minimum atomic E-state index is 0.167. The second kappa shape index (κ2) is 7.76. The van der Waals surface area contributed by atoms with Crippen molar-refractivity contribution in [1.82, 2.24) is 19.7 Å². The highest BCUT2D eigenvalue weighted by Gasteiger charge is 2.32. The van der Waals surface area contributed by atoms with Crippen LogP contribution in [-0.2, 0) is 13.0 Å². The van der Waals surface area contributed by atoms with E-state index in [1.54, 1.807) is 7.11 Å². The zero-order chi connectivity index (χ0) is 19.6. The van der Waals surface area contributed by atoms with Crippen molar-refractivity contribution in [2.45, 2.75) is 25.4 Å². The first-order valence-electron chi connectivity index (χ1n) is 10.3. The van der Waals surface area contributed by atoms with Gasteiger partial charge in [-0.05, 0) is 36.6 Å². The Labute approximate surface area is 170 Å². The summed E-state index contributed by atoms with van der Waals surface area (Å²) in [5.74, 6) is 0.945. The van der Waals surface area contributed by atoms with Gasteiger partial charge in [-0.15, -0.1) is 0 Å². The van der Waals surface area contributed by atoms with E-state index in [2.05, 4.69) is 57.4 Å². The van der Waals surface area contributed by atoms with Crippen molar-refractivity contribution >= 4 is 10.9 Å². The molecule has 1 unspecified atom stereocenters. The number of hydrogen-bond acceptors (Lipinski definition) is 3. The van der Waals surface area contributed by atoms with Gasteiger partial charge in [-0.1, -0.05) is 36.4 Å². The number of fused-ring (bicyclic) bond motifs is 3. The van der Waals surface area contributed by atoms with Gasteiger partial charge in [0.25, 0.3) is 0 Å². The van der Waals surface area contributed by atoms with E-state index in [-0.39, 0.29) is 6.04 Å². The highest BCUT2D eigenvalue weighted by atomic mass is 16.5. The Bertz CT molecular complexity index is 1100. The molecule has 0 amide bonds.